The van der Waals surface area contributed by atoms with Crippen LogP contribution in [0.25, 0.3) is 0 Å². The van der Waals surface area contributed by atoms with Crippen molar-refractivity contribution >= 4 is 34.2 Å². The monoisotopic (exact) mass is 268 g/mol. The van der Waals surface area contributed by atoms with E-state index in [4.69, 9.17) is 18.0 Å². The van der Waals surface area contributed by atoms with Crippen molar-refractivity contribution < 1.29 is 4.79 Å². The van der Waals surface area contributed by atoms with Gasteiger partial charge in [0.05, 0.1) is 0 Å². The molecule has 3 N–H and O–H groups in total. The number of nitrogens with two attached hydrogens (primary N) is 1. The van der Waals surface area contributed by atoms with E-state index in [0.717, 1.165) is 17.3 Å². The van der Waals surface area contributed by atoms with Crippen LogP contribution in [-0.2, 0) is 11.2 Å². The van der Waals surface area contributed by atoms with Crippen LogP contribution in [-0.4, -0.2) is 22.5 Å². The zero-order valence-corrected chi connectivity index (χ0v) is 11.2. The molecule has 0 aliphatic carbocycles. The Labute approximate surface area is 111 Å². The number of amides is 1. The minimum atomic E-state index is -0.287. The molecule has 0 saturated carbocycles. The molecule has 3 nitrogen and oxygen atoms in total. The summed E-state index contributed by atoms with van der Waals surface area (Å²) >= 11 is 6.58. The molecule has 0 unspecified atom stereocenters. The fourth-order valence-electron chi connectivity index (χ4n) is 1.25. The highest BCUT2D eigenvalue weighted by molar-refractivity contribution is 8.22. The second kappa shape index (κ2) is 8.08. The molecule has 0 aromatic heterocycles. The number of carbonyl (C=O) groups excluding carboxylic acids is 1. The summed E-state index contributed by atoms with van der Waals surface area (Å²) in [6.45, 7) is 0.812. The summed E-state index contributed by atoms with van der Waals surface area (Å²) in [5.41, 5.74) is 6.32. The zero-order valence-electron chi connectivity index (χ0n) is 9.52. The first-order valence-electron chi connectivity index (χ1n) is 5.41. The van der Waals surface area contributed by atoms with Crippen LogP contribution in [0.4, 0.5) is 0 Å². The molecule has 5 heteroatoms. The van der Waals surface area contributed by atoms with Crippen LogP contribution in [0.2, 0.25) is 0 Å². The Kier molecular flexibility index (Phi) is 6.65. The Bertz CT molecular complexity index is 368. The van der Waals surface area contributed by atoms with Gasteiger partial charge in [-0.3, -0.25) is 4.79 Å². The third-order valence-electron chi connectivity index (χ3n) is 2.11. The highest BCUT2D eigenvalue weighted by Gasteiger charge is 1.99. The molecule has 1 aromatic rings. The maximum absolute atomic E-state index is 10.5. The fraction of sp³-hybridized carbons (Fsp3) is 0.333. The second-order valence-electron chi connectivity index (χ2n) is 3.51. The molecular weight excluding hydrogens is 252 g/mol. The smallest absolute Gasteiger partial charge is 0.218 e. The van der Waals surface area contributed by atoms with E-state index in [-0.39, 0.29) is 5.91 Å². The molecule has 0 atom stereocenters. The Morgan fingerprint density at radius 3 is 2.71 bits per heavy atom. The minimum absolute atomic E-state index is 0.287. The number of primary amides is 1. The SMILES string of the molecule is NC(=O)CCSC(=S)NCCc1ccccc1. The van der Waals surface area contributed by atoms with E-state index in [0.29, 0.717) is 12.2 Å². The topological polar surface area (TPSA) is 55.1 Å². The Morgan fingerprint density at radius 1 is 1.35 bits per heavy atom. The summed E-state index contributed by atoms with van der Waals surface area (Å²) in [4.78, 5) is 10.5. The number of rotatable bonds is 6. The molecule has 0 saturated heterocycles. The molecular formula is C12H16N2OS2. The van der Waals surface area contributed by atoms with Gasteiger partial charge in [-0.1, -0.05) is 54.3 Å². The van der Waals surface area contributed by atoms with E-state index < -0.39 is 0 Å². The number of thiocarbonyl (C=S) groups is 1. The summed E-state index contributed by atoms with van der Waals surface area (Å²) in [5, 5.41) is 3.15. The first-order valence-corrected chi connectivity index (χ1v) is 6.80. The molecule has 92 valence electrons. The molecule has 1 aromatic carbocycles. The van der Waals surface area contributed by atoms with Gasteiger partial charge in [-0.25, -0.2) is 0 Å². The van der Waals surface area contributed by atoms with Crippen LogP contribution in [0.15, 0.2) is 30.3 Å². The maximum atomic E-state index is 10.5. The normalized spacial score (nSPS) is 9.88. The van der Waals surface area contributed by atoms with Gasteiger partial charge in [0, 0.05) is 18.7 Å². The number of hydrogen-bond donors (Lipinski definition) is 2. The van der Waals surface area contributed by atoms with Crippen molar-refractivity contribution in [2.45, 2.75) is 12.8 Å². The molecule has 0 radical (unpaired) electrons. The van der Waals surface area contributed by atoms with Crippen LogP contribution in [0.3, 0.4) is 0 Å². The van der Waals surface area contributed by atoms with Crippen LogP contribution in [0, 0.1) is 0 Å². The average Bonchev–Trinajstić information content (AvgIpc) is 2.30. The quantitative estimate of drug-likeness (QED) is 0.771. The van der Waals surface area contributed by atoms with Crippen LogP contribution in [0.5, 0.6) is 0 Å². The summed E-state index contributed by atoms with van der Waals surface area (Å²) < 4.78 is 0.724. The van der Waals surface area contributed by atoms with Gasteiger partial charge in [0.15, 0.2) is 0 Å². The van der Waals surface area contributed by atoms with E-state index in [1.807, 2.05) is 18.2 Å². The number of carbonyl (C=O) groups is 1. The Balaban J connectivity index is 2.10. The van der Waals surface area contributed by atoms with Crippen molar-refractivity contribution in [2.24, 2.45) is 5.73 Å². The number of thioether (sulfide) groups is 1. The van der Waals surface area contributed by atoms with Gasteiger partial charge in [0.25, 0.3) is 0 Å². The highest BCUT2D eigenvalue weighted by atomic mass is 32.2. The van der Waals surface area contributed by atoms with E-state index in [2.05, 4.69) is 17.4 Å². The Hall–Kier alpha value is -1.07. The fourth-order valence-corrected chi connectivity index (χ4v) is 2.29. The van der Waals surface area contributed by atoms with E-state index in [1.54, 1.807) is 0 Å². The molecule has 0 aliphatic heterocycles. The molecule has 1 amide bonds. The lowest BCUT2D eigenvalue weighted by molar-refractivity contribution is -0.117. The lowest BCUT2D eigenvalue weighted by Gasteiger charge is -2.06. The first kappa shape index (κ1) is 14.0. The number of benzene rings is 1. The largest absolute Gasteiger partial charge is 0.371 e. The Morgan fingerprint density at radius 2 is 2.06 bits per heavy atom. The third kappa shape index (κ3) is 6.97. The lowest BCUT2D eigenvalue weighted by Crippen LogP contribution is -2.22. The second-order valence-corrected chi connectivity index (χ2v) is 5.29. The number of hydrogen-bond acceptors (Lipinski definition) is 3. The van der Waals surface area contributed by atoms with Crippen molar-refractivity contribution in [2.75, 3.05) is 12.3 Å². The molecule has 0 bridgehead atoms. The first-order chi connectivity index (χ1) is 8.18. The standard InChI is InChI=1S/C12H16N2OS2/c13-11(15)7-9-17-12(16)14-8-6-10-4-2-1-3-5-10/h1-5H,6-9H2,(H2,13,15)(H,14,16). The van der Waals surface area contributed by atoms with Crippen molar-refractivity contribution in [3.8, 4) is 0 Å². The minimum Gasteiger partial charge on any atom is -0.371 e. The van der Waals surface area contributed by atoms with Gasteiger partial charge in [0.2, 0.25) is 5.91 Å². The highest BCUT2D eigenvalue weighted by Crippen LogP contribution is 2.04. The van der Waals surface area contributed by atoms with Gasteiger partial charge >= 0.3 is 0 Å². The molecule has 1 rings (SSSR count). The van der Waals surface area contributed by atoms with Crippen LogP contribution in [0.1, 0.15) is 12.0 Å². The average molecular weight is 268 g/mol. The van der Waals surface area contributed by atoms with Gasteiger partial charge in [0.1, 0.15) is 4.32 Å². The summed E-state index contributed by atoms with van der Waals surface area (Å²) in [6.07, 6.45) is 1.31. The maximum Gasteiger partial charge on any atom is 0.218 e. The van der Waals surface area contributed by atoms with E-state index >= 15 is 0 Å². The van der Waals surface area contributed by atoms with E-state index in [1.165, 1.54) is 17.3 Å². The van der Waals surface area contributed by atoms with Crippen LogP contribution >= 0.6 is 24.0 Å². The summed E-state index contributed by atoms with van der Waals surface area (Å²) in [5.74, 6) is 0.358. The predicted molar refractivity (Wildman–Crippen MR) is 77.0 cm³/mol. The number of nitrogens with one attached hydrogen (secondary N) is 1. The molecule has 0 fully saturated rings. The zero-order chi connectivity index (χ0) is 12.5. The van der Waals surface area contributed by atoms with Gasteiger partial charge in [-0.15, -0.1) is 0 Å². The third-order valence-corrected chi connectivity index (χ3v) is 3.42. The van der Waals surface area contributed by atoms with Crippen molar-refractivity contribution in [3.63, 3.8) is 0 Å². The van der Waals surface area contributed by atoms with Crippen molar-refractivity contribution in [1.82, 2.24) is 5.32 Å². The summed E-state index contributed by atoms with van der Waals surface area (Å²) in [7, 11) is 0. The van der Waals surface area contributed by atoms with E-state index in [9.17, 15) is 4.79 Å². The van der Waals surface area contributed by atoms with Gasteiger partial charge in [-0.2, -0.15) is 0 Å². The molecule has 0 spiro atoms. The van der Waals surface area contributed by atoms with Gasteiger partial charge in [-0.05, 0) is 12.0 Å². The molecule has 0 heterocycles. The van der Waals surface area contributed by atoms with Crippen molar-refractivity contribution in [3.05, 3.63) is 35.9 Å². The van der Waals surface area contributed by atoms with Crippen LogP contribution < -0.4 is 11.1 Å². The predicted octanol–water partition coefficient (Wildman–Crippen LogP) is 1.71. The summed E-state index contributed by atoms with van der Waals surface area (Å²) in [6, 6.07) is 10.2. The van der Waals surface area contributed by atoms with Crippen molar-refractivity contribution in [1.29, 1.82) is 0 Å². The lowest BCUT2D eigenvalue weighted by atomic mass is 10.2. The molecule has 0 aliphatic rings. The van der Waals surface area contributed by atoms with Gasteiger partial charge < -0.3 is 11.1 Å². The molecule has 17 heavy (non-hydrogen) atoms.